The second kappa shape index (κ2) is 22.3. The summed E-state index contributed by atoms with van der Waals surface area (Å²) in [4.78, 5) is 22.4. The summed E-state index contributed by atoms with van der Waals surface area (Å²) < 4.78 is 34.1. The molecule has 0 aromatic carbocycles. The lowest BCUT2D eigenvalue weighted by Gasteiger charge is -2.47. The molecule has 0 heterocycles. The second-order valence-corrected chi connectivity index (χ2v) is 18.1. The Kier molecular flexibility index (Phi) is 18.6. The van der Waals surface area contributed by atoms with Crippen molar-refractivity contribution < 1.29 is 53.3 Å². The van der Waals surface area contributed by atoms with Crippen LogP contribution in [-0.4, -0.2) is 103 Å². The van der Waals surface area contributed by atoms with Gasteiger partial charge in [0.25, 0.3) is 0 Å². The van der Waals surface area contributed by atoms with Crippen LogP contribution in [0.2, 0.25) is 0 Å². The summed E-state index contributed by atoms with van der Waals surface area (Å²) in [5.74, 6) is 1.43. The summed E-state index contributed by atoms with van der Waals surface area (Å²) in [6.07, 6.45) is 16.9. The maximum Gasteiger partial charge on any atom is 0.330 e. The van der Waals surface area contributed by atoms with Crippen molar-refractivity contribution in [3.8, 4) is 0 Å². The van der Waals surface area contributed by atoms with Crippen molar-refractivity contribution in [2.24, 2.45) is 34.5 Å². The third-order valence-electron chi connectivity index (χ3n) is 13.9. The van der Waals surface area contributed by atoms with E-state index in [1.165, 1.54) is 0 Å². The molecule has 4 aliphatic carbocycles. The first-order valence-electron chi connectivity index (χ1n) is 21.3. The molecule has 11 heteroatoms. The van der Waals surface area contributed by atoms with E-state index >= 15 is 0 Å². The molecule has 0 bridgehead atoms. The SMILES string of the molecule is C=CC(=O)OCC(O)COC1CCC(C(C)(C)C2CCC(OCC(O)OC3CCC(C(C)(C)C4CCC(OCC(O)COC(=O)C=C)CC4)CC3)CC2)CC1. The molecule has 316 valence electrons. The fourth-order valence-corrected chi connectivity index (χ4v) is 10.1. The standard InChI is InChI=1S/C44H74O11/c1-7-40(47)53-27-34(45)25-50-36-17-9-30(10-18-36)43(3,4)32-13-21-38(22-14-32)52-29-42(49)55-39-23-15-33(16-24-39)44(5,6)31-11-19-37(20-12-31)51-26-35(46)28-54-41(48)8-2/h7-8,30-39,42,45-46,49H,1-2,9-29H2,3-6H3. The molecule has 0 aliphatic heterocycles. The molecular formula is C44H74O11. The fraction of sp³-hybridized carbons (Fsp3) is 0.864. The van der Waals surface area contributed by atoms with E-state index in [4.69, 9.17) is 28.4 Å². The third kappa shape index (κ3) is 14.5. The Balaban J connectivity index is 1.06. The van der Waals surface area contributed by atoms with Gasteiger partial charge in [0.15, 0.2) is 6.29 Å². The maximum atomic E-state index is 11.2. The van der Waals surface area contributed by atoms with Crippen LogP contribution in [-0.2, 0) is 38.0 Å². The summed E-state index contributed by atoms with van der Waals surface area (Å²) in [6, 6.07) is 0. The quantitative estimate of drug-likeness (QED) is 0.0639. The highest BCUT2D eigenvalue weighted by Gasteiger charge is 2.42. The molecule has 4 fully saturated rings. The van der Waals surface area contributed by atoms with Gasteiger partial charge in [-0.1, -0.05) is 40.9 Å². The van der Waals surface area contributed by atoms with Crippen molar-refractivity contribution in [1.29, 1.82) is 0 Å². The zero-order valence-electron chi connectivity index (χ0n) is 34.4. The number of ether oxygens (including phenoxy) is 6. The van der Waals surface area contributed by atoms with Crippen molar-refractivity contribution in [1.82, 2.24) is 0 Å². The lowest BCUT2D eigenvalue weighted by atomic mass is 9.60. The van der Waals surface area contributed by atoms with Crippen LogP contribution >= 0.6 is 0 Å². The van der Waals surface area contributed by atoms with Gasteiger partial charge in [-0.15, -0.1) is 0 Å². The molecule has 3 unspecified atom stereocenters. The van der Waals surface area contributed by atoms with Gasteiger partial charge in [-0.05, 0) is 137 Å². The monoisotopic (exact) mass is 779 g/mol. The van der Waals surface area contributed by atoms with Gasteiger partial charge in [-0.25, -0.2) is 9.59 Å². The molecule has 4 saturated carbocycles. The minimum Gasteiger partial charge on any atom is -0.460 e. The van der Waals surface area contributed by atoms with Crippen LogP contribution in [0.25, 0.3) is 0 Å². The molecule has 4 aliphatic rings. The zero-order valence-corrected chi connectivity index (χ0v) is 34.4. The fourth-order valence-electron chi connectivity index (χ4n) is 10.1. The van der Waals surface area contributed by atoms with Crippen LogP contribution in [0.3, 0.4) is 0 Å². The number of aliphatic hydroxyl groups excluding tert-OH is 3. The Morgan fingerprint density at radius 3 is 1.11 bits per heavy atom. The van der Waals surface area contributed by atoms with Gasteiger partial charge >= 0.3 is 11.9 Å². The first-order valence-corrected chi connectivity index (χ1v) is 21.3. The van der Waals surface area contributed by atoms with Gasteiger partial charge in [0.2, 0.25) is 0 Å². The Labute approximate surface area is 330 Å². The summed E-state index contributed by atoms with van der Waals surface area (Å²) in [5, 5.41) is 30.9. The smallest absolute Gasteiger partial charge is 0.330 e. The van der Waals surface area contributed by atoms with E-state index in [9.17, 15) is 24.9 Å². The summed E-state index contributed by atoms with van der Waals surface area (Å²) >= 11 is 0. The third-order valence-corrected chi connectivity index (χ3v) is 13.9. The van der Waals surface area contributed by atoms with E-state index < -0.39 is 30.4 Å². The minimum atomic E-state index is -0.896. The molecule has 3 atom stereocenters. The van der Waals surface area contributed by atoms with Gasteiger partial charge in [-0.2, -0.15) is 0 Å². The molecule has 0 aromatic heterocycles. The van der Waals surface area contributed by atoms with E-state index in [1.807, 2.05) is 0 Å². The molecule has 0 spiro atoms. The molecule has 55 heavy (non-hydrogen) atoms. The van der Waals surface area contributed by atoms with Gasteiger partial charge in [0, 0.05) is 12.2 Å². The number of rotatable bonds is 21. The van der Waals surface area contributed by atoms with Crippen molar-refractivity contribution in [2.45, 2.75) is 173 Å². The second-order valence-electron chi connectivity index (χ2n) is 18.1. The normalized spacial score (nSPS) is 31.1. The summed E-state index contributed by atoms with van der Waals surface area (Å²) in [6.45, 7) is 16.8. The van der Waals surface area contributed by atoms with Crippen LogP contribution in [0.5, 0.6) is 0 Å². The molecule has 0 saturated heterocycles. The molecule has 11 nitrogen and oxygen atoms in total. The van der Waals surface area contributed by atoms with Gasteiger partial charge < -0.3 is 43.7 Å². The van der Waals surface area contributed by atoms with Gasteiger partial charge in [0.1, 0.15) is 25.4 Å². The average molecular weight is 779 g/mol. The Bertz CT molecular complexity index is 1160. The molecule has 0 radical (unpaired) electrons. The average Bonchev–Trinajstić information content (AvgIpc) is 3.20. The van der Waals surface area contributed by atoms with Crippen LogP contribution in [0, 0.1) is 34.5 Å². The highest BCUT2D eigenvalue weighted by Crippen LogP contribution is 2.50. The number of hydrogen-bond acceptors (Lipinski definition) is 11. The number of carbonyl (C=O) groups is 2. The lowest BCUT2D eigenvalue weighted by Crippen LogP contribution is -2.40. The highest BCUT2D eigenvalue weighted by molar-refractivity contribution is 5.81. The number of carbonyl (C=O) groups excluding carboxylic acids is 2. The predicted molar refractivity (Wildman–Crippen MR) is 210 cm³/mol. The number of esters is 2. The van der Waals surface area contributed by atoms with Crippen LogP contribution < -0.4 is 0 Å². The van der Waals surface area contributed by atoms with Crippen molar-refractivity contribution >= 4 is 11.9 Å². The first kappa shape index (κ1) is 45.8. The Morgan fingerprint density at radius 1 is 0.509 bits per heavy atom. The molecule has 0 amide bonds. The lowest BCUT2D eigenvalue weighted by molar-refractivity contribution is -0.187. The molecular weight excluding hydrogens is 704 g/mol. The molecule has 4 rings (SSSR count). The first-order chi connectivity index (χ1) is 26.2. The highest BCUT2D eigenvalue weighted by atomic mass is 16.6. The van der Waals surface area contributed by atoms with Crippen molar-refractivity contribution in [2.75, 3.05) is 33.0 Å². The van der Waals surface area contributed by atoms with E-state index in [-0.39, 0.29) is 68.3 Å². The van der Waals surface area contributed by atoms with E-state index in [2.05, 4.69) is 40.9 Å². The molecule has 3 N–H and O–H groups in total. The van der Waals surface area contributed by atoms with Crippen molar-refractivity contribution in [3.63, 3.8) is 0 Å². The number of hydrogen-bond donors (Lipinski definition) is 3. The Morgan fingerprint density at radius 2 is 0.800 bits per heavy atom. The number of aliphatic hydroxyl groups is 3. The van der Waals surface area contributed by atoms with Crippen LogP contribution in [0.15, 0.2) is 25.3 Å². The van der Waals surface area contributed by atoms with E-state index in [0.717, 1.165) is 115 Å². The largest absolute Gasteiger partial charge is 0.460 e. The van der Waals surface area contributed by atoms with Gasteiger partial charge in [0.05, 0.1) is 44.2 Å². The van der Waals surface area contributed by atoms with E-state index in [1.54, 1.807) is 0 Å². The topological polar surface area (TPSA) is 150 Å². The van der Waals surface area contributed by atoms with Crippen molar-refractivity contribution in [3.05, 3.63) is 25.3 Å². The van der Waals surface area contributed by atoms with E-state index in [0.29, 0.717) is 23.7 Å². The predicted octanol–water partition coefficient (Wildman–Crippen LogP) is 6.84. The Hall–Kier alpha value is -1.86. The minimum absolute atomic E-state index is 0.0658. The zero-order chi connectivity index (χ0) is 40.0. The maximum absolute atomic E-state index is 11.2. The van der Waals surface area contributed by atoms with Crippen LogP contribution in [0.4, 0.5) is 0 Å². The van der Waals surface area contributed by atoms with Gasteiger partial charge in [-0.3, -0.25) is 0 Å². The summed E-state index contributed by atoms with van der Waals surface area (Å²) in [7, 11) is 0. The summed E-state index contributed by atoms with van der Waals surface area (Å²) in [5.41, 5.74) is 0.446. The molecule has 0 aromatic rings. The van der Waals surface area contributed by atoms with Crippen LogP contribution in [0.1, 0.15) is 130 Å².